The molecule has 5 bridgehead atoms. The number of likely N-dealkylation sites (tertiary alicyclic amines) is 1. The van der Waals surface area contributed by atoms with Crippen LogP contribution in [-0.4, -0.2) is 100 Å². The average Bonchev–Trinajstić information content (AvgIpc) is 3.71. The topological polar surface area (TPSA) is 117 Å². The third-order valence-electron chi connectivity index (χ3n) is 10.3. The van der Waals surface area contributed by atoms with Crippen molar-refractivity contribution in [3.8, 4) is 0 Å². The Hall–Kier alpha value is -3.50. The number of hydrogen-bond donors (Lipinski definition) is 1. The molecule has 3 amide bonds. The Bertz CT molecular complexity index is 1360. The molecular formula is C37H51N3O7. The van der Waals surface area contributed by atoms with Gasteiger partial charge in [-0.25, -0.2) is 0 Å². The highest BCUT2D eigenvalue weighted by atomic mass is 16.6. The van der Waals surface area contributed by atoms with Crippen molar-refractivity contribution in [3.63, 3.8) is 0 Å². The number of carbonyl (C=O) groups is 4. The van der Waals surface area contributed by atoms with Crippen molar-refractivity contribution < 1.29 is 33.8 Å². The van der Waals surface area contributed by atoms with E-state index in [1.165, 1.54) is 4.90 Å². The van der Waals surface area contributed by atoms with E-state index in [1.54, 1.807) is 29.0 Å². The fourth-order valence-corrected chi connectivity index (χ4v) is 7.81. The zero-order chi connectivity index (χ0) is 33.9. The molecule has 4 aliphatic rings. The molecule has 0 aromatic heterocycles. The molecule has 5 rings (SSSR count). The van der Waals surface area contributed by atoms with Gasteiger partial charge >= 0.3 is 5.97 Å². The van der Waals surface area contributed by atoms with E-state index in [1.807, 2.05) is 63.3 Å². The van der Waals surface area contributed by atoms with Gasteiger partial charge < -0.3 is 29.3 Å². The van der Waals surface area contributed by atoms with Crippen molar-refractivity contribution in [2.75, 3.05) is 26.7 Å². The number of amides is 3. The van der Waals surface area contributed by atoms with E-state index in [4.69, 9.17) is 9.47 Å². The summed E-state index contributed by atoms with van der Waals surface area (Å²) in [6.45, 7) is 8.46. The average molecular weight is 650 g/mol. The van der Waals surface area contributed by atoms with Crippen LogP contribution >= 0.6 is 0 Å². The Morgan fingerprint density at radius 3 is 2.47 bits per heavy atom. The Kier molecular flexibility index (Phi) is 10.9. The number of aliphatic hydroxyl groups is 1. The van der Waals surface area contributed by atoms with Crippen LogP contribution in [0.4, 0.5) is 0 Å². The molecule has 1 spiro atoms. The summed E-state index contributed by atoms with van der Waals surface area (Å²) in [6, 6.07) is 7.13. The first-order chi connectivity index (χ1) is 22.5. The van der Waals surface area contributed by atoms with E-state index >= 15 is 0 Å². The second kappa shape index (κ2) is 14.7. The van der Waals surface area contributed by atoms with E-state index in [0.29, 0.717) is 25.9 Å². The van der Waals surface area contributed by atoms with Gasteiger partial charge in [0.05, 0.1) is 30.7 Å². The summed E-state index contributed by atoms with van der Waals surface area (Å²) in [5, 5.41) is 10.6. The lowest BCUT2D eigenvalue weighted by Gasteiger charge is -2.39. The Morgan fingerprint density at radius 2 is 1.79 bits per heavy atom. The van der Waals surface area contributed by atoms with Crippen LogP contribution in [0.25, 0.3) is 0 Å². The van der Waals surface area contributed by atoms with Crippen molar-refractivity contribution >= 4 is 23.7 Å². The molecule has 0 radical (unpaired) electrons. The van der Waals surface area contributed by atoms with E-state index in [-0.39, 0.29) is 36.7 Å². The highest BCUT2D eigenvalue weighted by Crippen LogP contribution is 2.56. The van der Waals surface area contributed by atoms with E-state index in [2.05, 4.69) is 6.92 Å². The first-order valence-electron chi connectivity index (χ1n) is 17.3. The molecule has 1 aromatic rings. The molecule has 1 aromatic carbocycles. The van der Waals surface area contributed by atoms with Gasteiger partial charge in [-0.05, 0) is 37.7 Å². The van der Waals surface area contributed by atoms with Crippen molar-refractivity contribution in [1.29, 1.82) is 0 Å². The molecule has 4 heterocycles. The third kappa shape index (κ3) is 6.64. The highest BCUT2D eigenvalue weighted by molar-refractivity contribution is 5.99. The minimum atomic E-state index is -1.37. The van der Waals surface area contributed by atoms with Gasteiger partial charge in [-0.2, -0.15) is 0 Å². The Labute approximate surface area is 278 Å². The number of ether oxygens (including phenoxy) is 2. The zero-order valence-corrected chi connectivity index (χ0v) is 28.4. The number of unbranched alkanes of at least 4 members (excludes halogenated alkanes) is 2. The first kappa shape index (κ1) is 34.8. The molecule has 10 nitrogen and oxygen atoms in total. The summed E-state index contributed by atoms with van der Waals surface area (Å²) in [5.74, 6) is -3.18. The maximum absolute atomic E-state index is 14.8. The van der Waals surface area contributed by atoms with Crippen molar-refractivity contribution in [2.45, 2.75) is 102 Å². The molecule has 2 fully saturated rings. The lowest BCUT2D eigenvalue weighted by Crippen LogP contribution is -2.58. The molecule has 0 saturated carbocycles. The number of rotatable bonds is 9. The quantitative estimate of drug-likeness (QED) is 0.244. The summed E-state index contributed by atoms with van der Waals surface area (Å²) < 4.78 is 12.9. The van der Waals surface area contributed by atoms with Crippen molar-refractivity contribution in [3.05, 3.63) is 60.2 Å². The Balaban J connectivity index is 1.61. The molecule has 0 unspecified atom stereocenters. The molecule has 8 atom stereocenters. The molecule has 4 aliphatic heterocycles. The van der Waals surface area contributed by atoms with Gasteiger partial charge in [-0.3, -0.25) is 19.2 Å². The van der Waals surface area contributed by atoms with Crippen molar-refractivity contribution in [2.24, 2.45) is 17.8 Å². The van der Waals surface area contributed by atoms with E-state index in [0.717, 1.165) is 24.8 Å². The van der Waals surface area contributed by atoms with Crippen LogP contribution in [0.2, 0.25) is 0 Å². The fourth-order valence-electron chi connectivity index (χ4n) is 7.81. The monoisotopic (exact) mass is 649 g/mol. The number of aliphatic hydroxyl groups excluding tert-OH is 1. The molecule has 10 heteroatoms. The summed E-state index contributed by atoms with van der Waals surface area (Å²) >= 11 is 0. The highest BCUT2D eigenvalue weighted by Gasteiger charge is 2.74. The van der Waals surface area contributed by atoms with Crippen LogP contribution in [0.1, 0.15) is 77.9 Å². The second-order valence-corrected chi connectivity index (χ2v) is 13.9. The number of esters is 1. The zero-order valence-electron chi connectivity index (χ0n) is 28.4. The van der Waals surface area contributed by atoms with Gasteiger partial charge in [0, 0.05) is 26.6 Å². The summed E-state index contributed by atoms with van der Waals surface area (Å²) in [5.41, 5.74) is -0.638. The van der Waals surface area contributed by atoms with Crippen LogP contribution < -0.4 is 0 Å². The van der Waals surface area contributed by atoms with Gasteiger partial charge in [-0.15, -0.1) is 0 Å². The maximum Gasteiger partial charge on any atom is 0.313 e. The number of allylic oxidation sites excluding steroid dienone is 1. The standard InChI is InChI=1S/C37H51N3O7/c1-6-7-13-20-39-21-14-9-12-17-29(42)38(5)25(4)32(26-15-10-8-11-16-26)46-36(45)30-28-18-19-37(47-28)31(30)34(43)40(33(37)35(39)44)27(23-41)22-24(2)3/h8-11,14-16,18-19,24-25,27-28,30-33,41H,6-7,12-13,17,20-23H2,1-5H3/b14-9-/t25-,27+,28+,30-,31-,32+,33+,37-/m0/s1. The minimum Gasteiger partial charge on any atom is -0.455 e. The van der Waals surface area contributed by atoms with Gasteiger partial charge in [-0.1, -0.05) is 88.2 Å². The van der Waals surface area contributed by atoms with Gasteiger partial charge in [0.2, 0.25) is 17.7 Å². The fraction of sp³-hybridized carbons (Fsp3) is 0.622. The number of benzene rings is 1. The normalized spacial score (nSPS) is 32.7. The molecule has 1 N–H and O–H groups in total. The smallest absolute Gasteiger partial charge is 0.313 e. The van der Waals surface area contributed by atoms with Crippen LogP contribution in [0.15, 0.2) is 54.6 Å². The van der Waals surface area contributed by atoms with Gasteiger partial charge in [0.1, 0.15) is 23.7 Å². The van der Waals surface area contributed by atoms with Gasteiger partial charge in [0.25, 0.3) is 0 Å². The van der Waals surface area contributed by atoms with Crippen molar-refractivity contribution in [1.82, 2.24) is 14.7 Å². The predicted molar refractivity (Wildman–Crippen MR) is 177 cm³/mol. The molecule has 2 saturated heterocycles. The van der Waals surface area contributed by atoms with Crippen LogP contribution in [-0.2, 0) is 28.7 Å². The summed E-state index contributed by atoms with van der Waals surface area (Å²) in [4.78, 5) is 61.9. The number of cyclic esters (lactones) is 1. The first-order valence-corrected chi connectivity index (χ1v) is 17.3. The molecule has 0 aliphatic carbocycles. The predicted octanol–water partition coefficient (Wildman–Crippen LogP) is 4.04. The number of hydrogen-bond acceptors (Lipinski definition) is 7. The summed E-state index contributed by atoms with van der Waals surface area (Å²) in [6.07, 6.45) is 9.82. The van der Waals surface area contributed by atoms with Gasteiger partial charge in [0.15, 0.2) is 0 Å². The molecule has 47 heavy (non-hydrogen) atoms. The third-order valence-corrected chi connectivity index (χ3v) is 10.3. The van der Waals surface area contributed by atoms with Crippen LogP contribution in [0.5, 0.6) is 0 Å². The SMILES string of the molecule is CCCCCN1C/C=C\CCC(=O)N(C)[C@@H](C)[C@H](c2ccccc2)OC(=O)[C@@H]2[C@H]3C(=O)N([C@@H](CO)CC(C)C)[C@H](C1=O)[C@]31C=C[C@H]2O1. The second-order valence-electron chi connectivity index (χ2n) is 13.9. The lowest BCUT2D eigenvalue weighted by atomic mass is 9.74. The number of carbonyl (C=O) groups excluding carboxylic acids is 4. The van der Waals surface area contributed by atoms with E-state index < -0.39 is 53.7 Å². The number of likely N-dealkylation sites (N-methyl/N-ethyl adjacent to an activating group) is 1. The number of fused-ring (bicyclic) bond motifs is 2. The number of nitrogens with zero attached hydrogens (tertiary/aromatic N) is 3. The molecule has 256 valence electrons. The largest absolute Gasteiger partial charge is 0.455 e. The summed E-state index contributed by atoms with van der Waals surface area (Å²) in [7, 11) is 1.72. The minimum absolute atomic E-state index is 0.0884. The van der Waals surface area contributed by atoms with Crippen LogP contribution in [0.3, 0.4) is 0 Å². The lowest BCUT2D eigenvalue weighted by molar-refractivity contribution is -0.164. The Morgan fingerprint density at radius 1 is 1.04 bits per heavy atom. The van der Waals surface area contributed by atoms with E-state index in [9.17, 15) is 24.3 Å². The van der Waals surface area contributed by atoms with Crippen LogP contribution in [0, 0.1) is 17.8 Å². The maximum atomic E-state index is 14.8. The molecular weight excluding hydrogens is 598 g/mol.